The first-order valence-electron chi connectivity index (χ1n) is 11.3. The Morgan fingerprint density at radius 2 is 1.59 bits per heavy atom. The molecule has 0 bridgehead atoms. The summed E-state index contributed by atoms with van der Waals surface area (Å²) in [5, 5.41) is 35.4. The van der Waals surface area contributed by atoms with Crippen LogP contribution in [0, 0.1) is 0 Å². The average Bonchev–Trinajstić information content (AvgIpc) is 3.27. The van der Waals surface area contributed by atoms with E-state index in [-0.39, 0.29) is 12.8 Å². The Labute approximate surface area is 216 Å². The van der Waals surface area contributed by atoms with Crippen LogP contribution in [0.25, 0.3) is 10.9 Å². The number of fused-ring (bicyclic) bond motifs is 1. The first-order chi connectivity index (χ1) is 17.6. The Morgan fingerprint density at radius 3 is 2.22 bits per heavy atom. The number of aliphatic hydroxyl groups excluding tert-OH is 1. The Hall–Kier alpha value is -3.62. The van der Waals surface area contributed by atoms with Crippen molar-refractivity contribution in [3.8, 4) is 0 Å². The van der Waals surface area contributed by atoms with Gasteiger partial charge in [0.05, 0.1) is 13.0 Å². The molecule has 1 heterocycles. The molecule has 0 aliphatic heterocycles. The number of aliphatic carboxylic acids is 2. The molecule has 13 nitrogen and oxygen atoms in total. The molecule has 0 saturated heterocycles. The standard InChI is InChI=1S/C23H31N5O8S/c1-37-7-6-16(21(33)28-18(23(35)36)9-19(30)31)26-22(34)17(27-20(32)14(24)11-29)8-12-10-25-15-5-3-2-4-13(12)15/h2-5,10,14,16-18,25,29H,6-9,11,24H2,1H3,(H,26,34)(H,27,32)(H,28,33)(H,30,31)(H,35,36). The van der Waals surface area contributed by atoms with Crippen LogP contribution in [0.1, 0.15) is 18.4 Å². The molecule has 0 fully saturated rings. The molecule has 0 saturated carbocycles. The second-order valence-electron chi connectivity index (χ2n) is 8.25. The maximum Gasteiger partial charge on any atom is 0.326 e. The highest BCUT2D eigenvalue weighted by Crippen LogP contribution is 2.19. The highest BCUT2D eigenvalue weighted by molar-refractivity contribution is 7.98. The first kappa shape index (κ1) is 29.6. The van der Waals surface area contributed by atoms with Crippen LogP contribution >= 0.6 is 11.8 Å². The number of amides is 3. The molecule has 0 spiro atoms. The Balaban J connectivity index is 2.27. The predicted molar refractivity (Wildman–Crippen MR) is 136 cm³/mol. The van der Waals surface area contributed by atoms with E-state index in [0.717, 1.165) is 10.9 Å². The molecule has 2 rings (SSSR count). The molecule has 0 aliphatic rings. The molecule has 202 valence electrons. The fourth-order valence-corrected chi connectivity index (χ4v) is 3.99. The number of aromatic nitrogens is 1. The number of hydrogen-bond acceptors (Lipinski definition) is 8. The van der Waals surface area contributed by atoms with Crippen LogP contribution in [0.5, 0.6) is 0 Å². The number of nitrogens with one attached hydrogen (secondary N) is 4. The molecule has 37 heavy (non-hydrogen) atoms. The van der Waals surface area contributed by atoms with E-state index in [1.54, 1.807) is 12.5 Å². The zero-order chi connectivity index (χ0) is 27.5. The van der Waals surface area contributed by atoms with Crippen LogP contribution in [-0.4, -0.2) is 92.7 Å². The quantitative estimate of drug-likeness (QED) is 0.135. The molecule has 0 aliphatic carbocycles. The SMILES string of the molecule is CSCCC(NC(=O)C(Cc1c[nH]c2ccccc12)NC(=O)C(N)CO)C(=O)NC(CC(=O)O)C(=O)O. The molecule has 1 aromatic carbocycles. The highest BCUT2D eigenvalue weighted by atomic mass is 32.2. The Kier molecular flexibility index (Phi) is 11.4. The third-order valence-electron chi connectivity index (χ3n) is 5.50. The van der Waals surface area contributed by atoms with Gasteiger partial charge in [-0.15, -0.1) is 0 Å². The normalized spacial score (nSPS) is 14.2. The van der Waals surface area contributed by atoms with E-state index in [9.17, 15) is 34.2 Å². The number of carbonyl (C=O) groups excluding carboxylic acids is 3. The third-order valence-corrected chi connectivity index (χ3v) is 6.15. The van der Waals surface area contributed by atoms with Crippen molar-refractivity contribution in [1.82, 2.24) is 20.9 Å². The number of nitrogens with two attached hydrogens (primary N) is 1. The summed E-state index contributed by atoms with van der Waals surface area (Å²) in [4.78, 5) is 64.0. The van der Waals surface area contributed by atoms with Crippen molar-refractivity contribution in [3.63, 3.8) is 0 Å². The van der Waals surface area contributed by atoms with E-state index in [1.165, 1.54) is 11.8 Å². The molecule has 9 N–H and O–H groups in total. The number of hydrogen-bond donors (Lipinski definition) is 8. The zero-order valence-electron chi connectivity index (χ0n) is 20.1. The number of H-pyrrole nitrogens is 1. The Morgan fingerprint density at radius 1 is 0.973 bits per heavy atom. The van der Waals surface area contributed by atoms with E-state index in [0.29, 0.717) is 11.3 Å². The van der Waals surface area contributed by atoms with Crippen molar-refractivity contribution >= 4 is 52.3 Å². The van der Waals surface area contributed by atoms with E-state index < -0.39 is 66.9 Å². The molecule has 4 unspecified atom stereocenters. The minimum absolute atomic E-state index is 0.0212. The van der Waals surface area contributed by atoms with Crippen LogP contribution in [0.2, 0.25) is 0 Å². The number of carboxylic acids is 2. The van der Waals surface area contributed by atoms with Gasteiger partial charge in [-0.3, -0.25) is 19.2 Å². The molecular weight excluding hydrogens is 506 g/mol. The maximum atomic E-state index is 13.3. The molecule has 14 heteroatoms. The minimum atomic E-state index is -1.69. The lowest BCUT2D eigenvalue weighted by Crippen LogP contribution is -2.58. The molecule has 4 atom stereocenters. The van der Waals surface area contributed by atoms with Gasteiger partial charge in [0.1, 0.15) is 24.2 Å². The van der Waals surface area contributed by atoms with Gasteiger partial charge in [0.25, 0.3) is 0 Å². The van der Waals surface area contributed by atoms with Crippen molar-refractivity contribution in [3.05, 3.63) is 36.0 Å². The van der Waals surface area contributed by atoms with Gasteiger partial charge in [0.2, 0.25) is 17.7 Å². The van der Waals surface area contributed by atoms with Crippen molar-refractivity contribution in [2.24, 2.45) is 5.73 Å². The van der Waals surface area contributed by atoms with Crippen LogP contribution in [0.4, 0.5) is 0 Å². The lowest BCUT2D eigenvalue weighted by Gasteiger charge is -2.25. The van der Waals surface area contributed by atoms with Crippen molar-refractivity contribution < 1.29 is 39.3 Å². The smallest absolute Gasteiger partial charge is 0.326 e. The van der Waals surface area contributed by atoms with Gasteiger partial charge in [0, 0.05) is 23.5 Å². The van der Waals surface area contributed by atoms with Crippen molar-refractivity contribution in [2.45, 2.75) is 43.4 Å². The van der Waals surface area contributed by atoms with Crippen LogP contribution in [0.3, 0.4) is 0 Å². The summed E-state index contributed by atoms with van der Waals surface area (Å²) >= 11 is 1.38. The second-order valence-corrected chi connectivity index (χ2v) is 9.24. The highest BCUT2D eigenvalue weighted by Gasteiger charge is 2.31. The monoisotopic (exact) mass is 537 g/mol. The summed E-state index contributed by atoms with van der Waals surface area (Å²) in [5.74, 6) is -4.92. The number of aromatic amines is 1. The number of carboxylic acid groups (broad SMARTS) is 2. The summed E-state index contributed by atoms with van der Waals surface area (Å²) in [6.45, 7) is -0.647. The van der Waals surface area contributed by atoms with Gasteiger partial charge in [-0.25, -0.2) is 4.79 Å². The van der Waals surface area contributed by atoms with Crippen LogP contribution < -0.4 is 21.7 Å². The van der Waals surface area contributed by atoms with Gasteiger partial charge in [-0.1, -0.05) is 18.2 Å². The third kappa shape index (κ3) is 8.77. The van der Waals surface area contributed by atoms with Crippen molar-refractivity contribution in [1.29, 1.82) is 0 Å². The van der Waals surface area contributed by atoms with Gasteiger partial charge in [-0.05, 0) is 30.1 Å². The number of rotatable bonds is 15. The van der Waals surface area contributed by atoms with Crippen LogP contribution in [-0.2, 0) is 30.4 Å². The molecule has 2 aromatic rings. The first-order valence-corrected chi connectivity index (χ1v) is 12.7. The van der Waals surface area contributed by atoms with Crippen LogP contribution in [0.15, 0.2) is 30.5 Å². The summed E-state index contributed by atoms with van der Waals surface area (Å²) in [5.41, 5.74) is 7.11. The average molecular weight is 538 g/mol. The van der Waals surface area contributed by atoms with E-state index in [4.69, 9.17) is 10.8 Å². The summed E-state index contributed by atoms with van der Waals surface area (Å²) in [6, 6.07) is 1.96. The van der Waals surface area contributed by atoms with Crippen molar-refractivity contribution in [2.75, 3.05) is 18.6 Å². The van der Waals surface area contributed by atoms with Gasteiger partial charge >= 0.3 is 11.9 Å². The number of aliphatic hydroxyl groups is 1. The number of thioether (sulfide) groups is 1. The molecule has 3 amide bonds. The van der Waals surface area contributed by atoms with E-state index in [2.05, 4.69) is 20.9 Å². The number of benzene rings is 1. The lowest BCUT2D eigenvalue weighted by atomic mass is 10.0. The summed E-state index contributed by atoms with van der Waals surface area (Å²) in [6.07, 6.45) is 2.75. The van der Waals surface area contributed by atoms with Gasteiger partial charge in [-0.2, -0.15) is 11.8 Å². The van der Waals surface area contributed by atoms with Gasteiger partial charge in [0.15, 0.2) is 0 Å². The summed E-state index contributed by atoms with van der Waals surface area (Å²) < 4.78 is 0. The second kappa shape index (κ2) is 14.2. The minimum Gasteiger partial charge on any atom is -0.481 e. The molecule has 1 aromatic heterocycles. The lowest BCUT2D eigenvalue weighted by molar-refractivity contribution is -0.147. The molecular formula is C23H31N5O8S. The Bertz CT molecular complexity index is 1120. The van der Waals surface area contributed by atoms with E-state index >= 15 is 0 Å². The summed E-state index contributed by atoms with van der Waals surface area (Å²) in [7, 11) is 0. The van der Waals surface area contributed by atoms with Gasteiger partial charge < -0.3 is 42.0 Å². The predicted octanol–water partition coefficient (Wildman–Crippen LogP) is -1.20. The zero-order valence-corrected chi connectivity index (χ0v) is 20.9. The number of carbonyl (C=O) groups is 5. The maximum absolute atomic E-state index is 13.3. The topological polar surface area (TPSA) is 224 Å². The molecule has 0 radical (unpaired) electrons. The largest absolute Gasteiger partial charge is 0.481 e. The fourth-order valence-electron chi connectivity index (χ4n) is 3.52. The number of para-hydroxylation sites is 1. The van der Waals surface area contributed by atoms with E-state index in [1.807, 2.05) is 24.3 Å². The fraction of sp³-hybridized carbons (Fsp3) is 0.435.